The van der Waals surface area contributed by atoms with Gasteiger partial charge in [-0.1, -0.05) is 36.8 Å². The first kappa shape index (κ1) is 19.4. The molecule has 152 valence electrons. The lowest BCUT2D eigenvalue weighted by molar-refractivity contribution is -0.136. The molecule has 0 bridgehead atoms. The van der Waals surface area contributed by atoms with Crippen LogP contribution in [-0.2, 0) is 15.0 Å². The molecule has 1 aromatic carbocycles. The molecular formula is C23H33N3O2. The summed E-state index contributed by atoms with van der Waals surface area (Å²) >= 11 is 0. The second kappa shape index (κ2) is 8.64. The van der Waals surface area contributed by atoms with Crippen molar-refractivity contribution in [3.05, 3.63) is 35.9 Å². The van der Waals surface area contributed by atoms with Gasteiger partial charge in [-0.15, -0.1) is 0 Å². The summed E-state index contributed by atoms with van der Waals surface area (Å²) in [6, 6.07) is 10.6. The lowest BCUT2D eigenvalue weighted by atomic mass is 9.64. The summed E-state index contributed by atoms with van der Waals surface area (Å²) < 4.78 is 0. The summed E-state index contributed by atoms with van der Waals surface area (Å²) in [5, 5.41) is 3.19. The van der Waals surface area contributed by atoms with Crippen molar-refractivity contribution in [3.63, 3.8) is 0 Å². The van der Waals surface area contributed by atoms with E-state index in [0.29, 0.717) is 12.5 Å². The first-order chi connectivity index (χ1) is 13.7. The van der Waals surface area contributed by atoms with Crippen LogP contribution in [-0.4, -0.2) is 60.9 Å². The number of carbonyl (C=O) groups is 2. The number of nitrogens with one attached hydrogen (secondary N) is 1. The van der Waals surface area contributed by atoms with Crippen LogP contribution in [0, 0.1) is 5.92 Å². The molecule has 1 aromatic rings. The van der Waals surface area contributed by atoms with Gasteiger partial charge in [0, 0.05) is 31.0 Å². The van der Waals surface area contributed by atoms with Gasteiger partial charge in [0.15, 0.2) is 0 Å². The van der Waals surface area contributed by atoms with E-state index in [1.165, 1.54) is 12.0 Å². The predicted molar refractivity (Wildman–Crippen MR) is 110 cm³/mol. The minimum Gasteiger partial charge on any atom is -0.354 e. The summed E-state index contributed by atoms with van der Waals surface area (Å²) in [6.45, 7) is 4.76. The fraction of sp³-hybridized carbons (Fsp3) is 0.652. The van der Waals surface area contributed by atoms with Crippen LogP contribution < -0.4 is 5.32 Å². The Hall–Kier alpha value is -1.88. The van der Waals surface area contributed by atoms with Crippen LogP contribution in [0.1, 0.15) is 50.5 Å². The van der Waals surface area contributed by atoms with E-state index in [4.69, 9.17) is 0 Å². The van der Waals surface area contributed by atoms with Crippen LogP contribution in [0.5, 0.6) is 0 Å². The van der Waals surface area contributed by atoms with Crippen molar-refractivity contribution in [1.29, 1.82) is 0 Å². The fourth-order valence-electron chi connectivity index (χ4n) is 5.02. The largest absolute Gasteiger partial charge is 0.354 e. The van der Waals surface area contributed by atoms with Crippen molar-refractivity contribution >= 4 is 11.8 Å². The number of hydrogen-bond acceptors (Lipinski definition) is 3. The van der Waals surface area contributed by atoms with Crippen molar-refractivity contribution < 1.29 is 9.59 Å². The summed E-state index contributed by atoms with van der Waals surface area (Å²) in [5.41, 5.74) is 1.48. The Bertz CT molecular complexity index is 672. The number of nitrogens with zero attached hydrogens (tertiary/aromatic N) is 2. The molecule has 5 heteroatoms. The van der Waals surface area contributed by atoms with Gasteiger partial charge in [0.1, 0.15) is 0 Å². The van der Waals surface area contributed by atoms with Gasteiger partial charge in [-0.2, -0.15) is 0 Å². The Labute approximate surface area is 168 Å². The van der Waals surface area contributed by atoms with Gasteiger partial charge < -0.3 is 10.2 Å². The minimum atomic E-state index is 0.117. The Morgan fingerprint density at radius 3 is 2.25 bits per heavy atom. The third-order valence-corrected chi connectivity index (χ3v) is 7.04. The second-order valence-corrected chi connectivity index (χ2v) is 8.86. The number of rotatable bonds is 6. The molecule has 5 nitrogen and oxygen atoms in total. The molecule has 2 saturated heterocycles. The van der Waals surface area contributed by atoms with E-state index in [1.54, 1.807) is 0 Å². The molecule has 0 radical (unpaired) electrons. The number of carbonyl (C=O) groups excluding carboxylic acids is 2. The average Bonchev–Trinajstić information content (AvgIpc) is 3.23. The number of amides is 2. The summed E-state index contributed by atoms with van der Waals surface area (Å²) in [6.07, 6.45) is 7.61. The lowest BCUT2D eigenvalue weighted by Crippen LogP contribution is -2.49. The van der Waals surface area contributed by atoms with Gasteiger partial charge in [-0.05, 0) is 57.2 Å². The molecule has 2 heterocycles. The molecule has 0 aromatic heterocycles. The van der Waals surface area contributed by atoms with Crippen LogP contribution in [0.25, 0.3) is 0 Å². The van der Waals surface area contributed by atoms with Crippen molar-refractivity contribution in [1.82, 2.24) is 15.1 Å². The van der Waals surface area contributed by atoms with E-state index in [9.17, 15) is 9.59 Å². The second-order valence-electron chi connectivity index (χ2n) is 8.86. The van der Waals surface area contributed by atoms with Gasteiger partial charge in [-0.3, -0.25) is 14.5 Å². The molecule has 1 N–H and O–H groups in total. The quantitative estimate of drug-likeness (QED) is 0.821. The monoisotopic (exact) mass is 383 g/mol. The highest BCUT2D eigenvalue weighted by atomic mass is 16.2. The standard InChI is InChI=1S/C23H33N3O2/c27-21(24-18-23(11-6-12-23)20-7-2-1-3-8-20)17-25-15-9-19(10-16-25)22(28)26-13-4-5-14-26/h1-3,7-8,19H,4-6,9-18H2,(H,24,27). The minimum absolute atomic E-state index is 0.117. The maximum Gasteiger partial charge on any atom is 0.234 e. The first-order valence-electron chi connectivity index (χ1n) is 11.0. The molecule has 2 amide bonds. The molecule has 3 fully saturated rings. The SMILES string of the molecule is O=C(CN1CCC(C(=O)N2CCCC2)CC1)NCC1(c2ccccc2)CCC1. The maximum absolute atomic E-state index is 12.5. The van der Waals surface area contributed by atoms with E-state index in [-0.39, 0.29) is 17.2 Å². The number of likely N-dealkylation sites (tertiary alicyclic amines) is 2. The predicted octanol–water partition coefficient (Wildman–Crippen LogP) is 2.56. The van der Waals surface area contributed by atoms with Crippen LogP contribution in [0.2, 0.25) is 0 Å². The van der Waals surface area contributed by atoms with Gasteiger partial charge in [0.25, 0.3) is 0 Å². The lowest BCUT2D eigenvalue weighted by Gasteiger charge is -2.42. The topological polar surface area (TPSA) is 52.7 Å². The molecule has 28 heavy (non-hydrogen) atoms. The third kappa shape index (κ3) is 4.24. The van der Waals surface area contributed by atoms with E-state index in [2.05, 4.69) is 34.5 Å². The van der Waals surface area contributed by atoms with Gasteiger partial charge in [-0.25, -0.2) is 0 Å². The van der Waals surface area contributed by atoms with Crippen LogP contribution in [0.4, 0.5) is 0 Å². The Kier molecular flexibility index (Phi) is 6.00. The normalized spacial score (nSPS) is 22.6. The Morgan fingerprint density at radius 2 is 1.64 bits per heavy atom. The van der Waals surface area contributed by atoms with Crippen molar-refractivity contribution in [2.24, 2.45) is 5.92 Å². The smallest absolute Gasteiger partial charge is 0.234 e. The molecule has 1 saturated carbocycles. The van der Waals surface area contributed by atoms with E-state index in [1.807, 2.05) is 11.0 Å². The number of benzene rings is 1. The molecule has 4 rings (SSSR count). The number of piperidine rings is 1. The van der Waals surface area contributed by atoms with Crippen molar-refractivity contribution in [3.8, 4) is 0 Å². The highest BCUT2D eigenvalue weighted by Gasteiger charge is 2.39. The van der Waals surface area contributed by atoms with E-state index >= 15 is 0 Å². The number of hydrogen-bond donors (Lipinski definition) is 1. The van der Waals surface area contributed by atoms with Crippen LogP contribution in [0.3, 0.4) is 0 Å². The summed E-state index contributed by atoms with van der Waals surface area (Å²) in [5.74, 6) is 0.622. The highest BCUT2D eigenvalue weighted by molar-refractivity contribution is 5.80. The summed E-state index contributed by atoms with van der Waals surface area (Å²) in [4.78, 5) is 29.3. The molecule has 1 aliphatic carbocycles. The van der Waals surface area contributed by atoms with Crippen LogP contribution in [0.15, 0.2) is 30.3 Å². The maximum atomic E-state index is 12.5. The van der Waals surface area contributed by atoms with Crippen molar-refractivity contribution in [2.45, 2.75) is 50.4 Å². The van der Waals surface area contributed by atoms with Gasteiger partial charge >= 0.3 is 0 Å². The summed E-state index contributed by atoms with van der Waals surface area (Å²) in [7, 11) is 0. The van der Waals surface area contributed by atoms with E-state index in [0.717, 1.165) is 71.2 Å². The molecule has 0 atom stereocenters. The van der Waals surface area contributed by atoms with Gasteiger partial charge in [0.2, 0.25) is 11.8 Å². The van der Waals surface area contributed by atoms with Crippen LogP contribution >= 0.6 is 0 Å². The highest BCUT2D eigenvalue weighted by Crippen LogP contribution is 2.43. The zero-order valence-electron chi connectivity index (χ0n) is 16.9. The van der Waals surface area contributed by atoms with E-state index < -0.39 is 0 Å². The van der Waals surface area contributed by atoms with Crippen molar-refractivity contribution in [2.75, 3.05) is 39.3 Å². The third-order valence-electron chi connectivity index (χ3n) is 7.04. The van der Waals surface area contributed by atoms with Gasteiger partial charge in [0.05, 0.1) is 6.54 Å². The Morgan fingerprint density at radius 1 is 0.964 bits per heavy atom. The zero-order chi connectivity index (χ0) is 19.4. The first-order valence-corrected chi connectivity index (χ1v) is 11.0. The molecule has 0 unspecified atom stereocenters. The molecule has 0 spiro atoms. The zero-order valence-corrected chi connectivity index (χ0v) is 16.9. The molecule has 3 aliphatic rings. The average molecular weight is 384 g/mol. The molecule has 2 aliphatic heterocycles. The fourth-order valence-corrected chi connectivity index (χ4v) is 5.02. The Balaban J connectivity index is 1.21. The molecular weight excluding hydrogens is 350 g/mol.